The number of nitrogens with zero attached hydrogens (tertiary/aromatic N) is 1. The summed E-state index contributed by atoms with van der Waals surface area (Å²) in [6.07, 6.45) is 1.65. The number of aldehydes is 1. The number of hydrogen-bond donors (Lipinski definition) is 0. The first-order chi connectivity index (χ1) is 6.86. The Morgan fingerprint density at radius 3 is 2.67 bits per heavy atom. The van der Waals surface area contributed by atoms with Crippen LogP contribution >= 0.6 is 0 Å². The van der Waals surface area contributed by atoms with Crippen LogP contribution in [0.5, 0.6) is 0 Å². The maximum atomic E-state index is 11.7. The first-order valence-electron chi connectivity index (χ1n) is 5.31. The van der Waals surface area contributed by atoms with E-state index in [-0.39, 0.29) is 11.5 Å². The SMILES string of the molecule is CC(C)(C)OC(=O)N1CC2CC2(C=O)C1. The van der Waals surface area contributed by atoms with E-state index in [1.165, 1.54) is 0 Å². The lowest BCUT2D eigenvalue weighted by Gasteiger charge is -2.25. The van der Waals surface area contributed by atoms with Crippen LogP contribution in [0.1, 0.15) is 27.2 Å². The maximum absolute atomic E-state index is 11.7. The van der Waals surface area contributed by atoms with Gasteiger partial charge in [-0.2, -0.15) is 0 Å². The molecular formula is C11H17NO3. The van der Waals surface area contributed by atoms with E-state index in [1.54, 1.807) is 4.90 Å². The fraction of sp³-hybridized carbons (Fsp3) is 0.818. The zero-order valence-electron chi connectivity index (χ0n) is 9.45. The normalized spacial score (nSPS) is 33.5. The molecule has 1 aliphatic heterocycles. The molecule has 1 saturated carbocycles. The largest absolute Gasteiger partial charge is 0.444 e. The first kappa shape index (κ1) is 10.5. The Morgan fingerprint density at radius 1 is 1.53 bits per heavy atom. The van der Waals surface area contributed by atoms with Gasteiger partial charge in [0.1, 0.15) is 11.9 Å². The van der Waals surface area contributed by atoms with Crippen molar-refractivity contribution in [2.24, 2.45) is 11.3 Å². The fourth-order valence-corrected chi connectivity index (χ4v) is 2.17. The van der Waals surface area contributed by atoms with Crippen LogP contribution in [-0.2, 0) is 9.53 Å². The van der Waals surface area contributed by atoms with Gasteiger partial charge in [-0.05, 0) is 33.1 Å². The van der Waals surface area contributed by atoms with Gasteiger partial charge < -0.3 is 14.4 Å². The van der Waals surface area contributed by atoms with Gasteiger partial charge in [-0.3, -0.25) is 0 Å². The molecule has 1 aliphatic carbocycles. The molecule has 0 aromatic heterocycles. The summed E-state index contributed by atoms with van der Waals surface area (Å²) in [4.78, 5) is 24.2. The molecule has 84 valence electrons. The third kappa shape index (κ3) is 1.85. The summed E-state index contributed by atoms with van der Waals surface area (Å²) >= 11 is 0. The van der Waals surface area contributed by atoms with Gasteiger partial charge in [-0.1, -0.05) is 0 Å². The molecule has 2 fully saturated rings. The summed E-state index contributed by atoms with van der Waals surface area (Å²) in [7, 11) is 0. The highest BCUT2D eigenvalue weighted by atomic mass is 16.6. The van der Waals surface area contributed by atoms with Crippen molar-refractivity contribution in [2.75, 3.05) is 13.1 Å². The Bertz CT molecular complexity index is 307. The van der Waals surface area contributed by atoms with Crippen molar-refractivity contribution in [1.82, 2.24) is 4.90 Å². The fourth-order valence-electron chi connectivity index (χ4n) is 2.17. The molecule has 2 rings (SSSR count). The molecule has 4 heteroatoms. The van der Waals surface area contributed by atoms with Gasteiger partial charge in [0.15, 0.2) is 0 Å². The molecule has 0 spiro atoms. The molecule has 0 N–H and O–H groups in total. The van der Waals surface area contributed by atoms with E-state index >= 15 is 0 Å². The van der Waals surface area contributed by atoms with E-state index in [4.69, 9.17) is 4.74 Å². The van der Waals surface area contributed by atoms with E-state index in [0.717, 1.165) is 12.7 Å². The van der Waals surface area contributed by atoms with E-state index < -0.39 is 5.60 Å². The zero-order chi connectivity index (χ0) is 11.3. The molecule has 2 unspecified atom stereocenters. The average Bonchev–Trinajstić information content (AvgIpc) is 2.66. The number of amides is 1. The number of carbonyl (C=O) groups is 2. The minimum atomic E-state index is -0.460. The molecule has 1 heterocycles. The van der Waals surface area contributed by atoms with Crippen molar-refractivity contribution in [2.45, 2.75) is 32.8 Å². The van der Waals surface area contributed by atoms with Crippen LogP contribution in [0.25, 0.3) is 0 Å². The topological polar surface area (TPSA) is 46.6 Å². The molecule has 4 nitrogen and oxygen atoms in total. The standard InChI is InChI=1S/C11H17NO3/c1-10(2,3)15-9(14)12-5-8-4-11(8,6-12)7-13/h7-8H,4-6H2,1-3H3. The summed E-state index contributed by atoms with van der Waals surface area (Å²) in [5, 5.41) is 0. The zero-order valence-corrected chi connectivity index (χ0v) is 9.45. The average molecular weight is 211 g/mol. The number of piperidine rings is 1. The molecule has 0 bridgehead atoms. The Hall–Kier alpha value is -1.06. The van der Waals surface area contributed by atoms with Crippen LogP contribution in [0.2, 0.25) is 0 Å². The molecule has 0 aromatic carbocycles. The van der Waals surface area contributed by atoms with Crippen LogP contribution in [-0.4, -0.2) is 36.0 Å². The summed E-state index contributed by atoms with van der Waals surface area (Å²) in [6.45, 7) is 6.75. The number of hydrogen-bond acceptors (Lipinski definition) is 3. The minimum Gasteiger partial charge on any atom is -0.444 e. The van der Waals surface area contributed by atoms with E-state index in [0.29, 0.717) is 19.0 Å². The molecule has 1 amide bonds. The number of rotatable bonds is 1. The van der Waals surface area contributed by atoms with Crippen molar-refractivity contribution in [3.63, 3.8) is 0 Å². The quantitative estimate of drug-likeness (QED) is 0.616. The molecule has 1 saturated heterocycles. The predicted octanol–water partition coefficient (Wildman–Crippen LogP) is 1.44. The Balaban J connectivity index is 1.92. The molecule has 0 aromatic rings. The van der Waals surface area contributed by atoms with Crippen LogP contribution in [0.4, 0.5) is 4.79 Å². The van der Waals surface area contributed by atoms with Gasteiger partial charge in [0, 0.05) is 18.5 Å². The third-order valence-corrected chi connectivity index (χ3v) is 3.09. The Kier molecular flexibility index (Phi) is 2.07. The summed E-state index contributed by atoms with van der Waals surface area (Å²) < 4.78 is 5.25. The highest BCUT2D eigenvalue weighted by Gasteiger charge is 2.61. The monoisotopic (exact) mass is 211 g/mol. The Morgan fingerprint density at radius 2 is 2.20 bits per heavy atom. The second kappa shape index (κ2) is 2.97. The molecule has 2 aliphatic rings. The van der Waals surface area contributed by atoms with E-state index in [1.807, 2.05) is 20.8 Å². The van der Waals surface area contributed by atoms with Gasteiger partial charge in [0.2, 0.25) is 0 Å². The van der Waals surface area contributed by atoms with E-state index in [2.05, 4.69) is 0 Å². The van der Waals surface area contributed by atoms with Crippen molar-refractivity contribution in [3.05, 3.63) is 0 Å². The van der Waals surface area contributed by atoms with Gasteiger partial charge >= 0.3 is 6.09 Å². The minimum absolute atomic E-state index is 0.225. The molecule has 15 heavy (non-hydrogen) atoms. The van der Waals surface area contributed by atoms with Crippen molar-refractivity contribution >= 4 is 12.4 Å². The predicted molar refractivity (Wildman–Crippen MR) is 54.4 cm³/mol. The molecular weight excluding hydrogens is 194 g/mol. The molecule has 0 radical (unpaired) electrons. The van der Waals surface area contributed by atoms with Gasteiger partial charge in [-0.15, -0.1) is 0 Å². The van der Waals surface area contributed by atoms with Crippen molar-refractivity contribution < 1.29 is 14.3 Å². The summed E-state index contributed by atoms with van der Waals surface area (Å²) in [6, 6.07) is 0. The lowest BCUT2D eigenvalue weighted by atomic mass is 10.1. The van der Waals surface area contributed by atoms with Crippen LogP contribution in [0.3, 0.4) is 0 Å². The van der Waals surface area contributed by atoms with Crippen LogP contribution in [0.15, 0.2) is 0 Å². The number of fused-ring (bicyclic) bond motifs is 1. The first-order valence-corrected chi connectivity index (χ1v) is 5.31. The highest BCUT2D eigenvalue weighted by molar-refractivity contribution is 5.73. The highest BCUT2D eigenvalue weighted by Crippen LogP contribution is 2.56. The Labute approximate surface area is 89.6 Å². The second-order valence-corrected chi connectivity index (χ2v) is 5.61. The maximum Gasteiger partial charge on any atom is 0.410 e. The number of carbonyl (C=O) groups excluding carboxylic acids is 2. The van der Waals surface area contributed by atoms with Crippen molar-refractivity contribution in [1.29, 1.82) is 0 Å². The summed E-state index contributed by atoms with van der Waals surface area (Å²) in [5.74, 6) is 0.377. The lowest BCUT2D eigenvalue weighted by Crippen LogP contribution is -2.37. The van der Waals surface area contributed by atoms with Crippen LogP contribution < -0.4 is 0 Å². The number of likely N-dealkylation sites (tertiary alicyclic amines) is 1. The second-order valence-electron chi connectivity index (χ2n) is 5.61. The van der Waals surface area contributed by atoms with Gasteiger partial charge in [0.05, 0.1) is 0 Å². The van der Waals surface area contributed by atoms with Crippen LogP contribution in [0, 0.1) is 11.3 Å². The van der Waals surface area contributed by atoms with Crippen molar-refractivity contribution in [3.8, 4) is 0 Å². The smallest absolute Gasteiger partial charge is 0.410 e. The lowest BCUT2D eigenvalue weighted by molar-refractivity contribution is -0.112. The van der Waals surface area contributed by atoms with E-state index in [9.17, 15) is 9.59 Å². The summed E-state index contributed by atoms with van der Waals surface area (Å²) in [5.41, 5.74) is -0.685. The number of ether oxygens (including phenoxy) is 1. The van der Waals surface area contributed by atoms with Gasteiger partial charge in [-0.25, -0.2) is 4.79 Å². The van der Waals surface area contributed by atoms with Gasteiger partial charge in [0.25, 0.3) is 0 Å². The third-order valence-electron chi connectivity index (χ3n) is 3.09. The molecule has 2 atom stereocenters.